The van der Waals surface area contributed by atoms with Crippen molar-refractivity contribution in [2.75, 3.05) is 5.32 Å². The lowest BCUT2D eigenvalue weighted by Crippen LogP contribution is -2.23. The molecule has 2 N–H and O–H groups in total. The first-order valence-electron chi connectivity index (χ1n) is 7.74. The number of aryl methyl sites for hydroxylation is 1. The van der Waals surface area contributed by atoms with Crippen molar-refractivity contribution in [3.63, 3.8) is 0 Å². The number of aromatic amines is 1. The van der Waals surface area contributed by atoms with Gasteiger partial charge >= 0.3 is 0 Å². The first-order valence-corrected chi connectivity index (χ1v) is 9.00. The highest BCUT2D eigenvalue weighted by Crippen LogP contribution is 2.25. The van der Waals surface area contributed by atoms with Crippen molar-refractivity contribution >= 4 is 35.0 Å². The summed E-state index contributed by atoms with van der Waals surface area (Å²) in [5.74, 6) is 0.558. The van der Waals surface area contributed by atoms with E-state index in [0.29, 0.717) is 21.7 Å². The molecule has 0 radical (unpaired) electrons. The number of nitrogens with zero attached hydrogens (tertiary/aromatic N) is 2. The fraction of sp³-hybridized carbons (Fsp3) is 0.167. The van der Waals surface area contributed by atoms with Crippen molar-refractivity contribution in [1.29, 1.82) is 0 Å². The predicted molar refractivity (Wildman–Crippen MR) is 102 cm³/mol. The van der Waals surface area contributed by atoms with Crippen LogP contribution in [0.4, 0.5) is 5.69 Å². The van der Waals surface area contributed by atoms with E-state index in [2.05, 4.69) is 20.5 Å². The summed E-state index contributed by atoms with van der Waals surface area (Å²) in [5.41, 5.74) is 2.62. The molecule has 1 heterocycles. The van der Waals surface area contributed by atoms with Crippen molar-refractivity contribution < 1.29 is 4.79 Å². The van der Waals surface area contributed by atoms with Crippen molar-refractivity contribution in [1.82, 2.24) is 15.2 Å². The van der Waals surface area contributed by atoms with E-state index in [1.807, 2.05) is 50.2 Å². The molecule has 25 heavy (non-hydrogen) atoms. The maximum atomic E-state index is 12.4. The number of carbonyl (C=O) groups is 1. The number of amides is 1. The average Bonchev–Trinajstić information content (AvgIpc) is 3.07. The first-order chi connectivity index (χ1) is 12.0. The summed E-state index contributed by atoms with van der Waals surface area (Å²) in [5, 5.41) is 10.7. The summed E-state index contributed by atoms with van der Waals surface area (Å²) >= 11 is 7.29. The maximum absolute atomic E-state index is 12.4. The van der Waals surface area contributed by atoms with Crippen LogP contribution in [0.15, 0.2) is 53.7 Å². The Morgan fingerprint density at radius 3 is 2.76 bits per heavy atom. The maximum Gasteiger partial charge on any atom is 0.237 e. The highest BCUT2D eigenvalue weighted by atomic mass is 35.5. The minimum Gasteiger partial charge on any atom is -0.325 e. The van der Waals surface area contributed by atoms with Gasteiger partial charge in [0.15, 0.2) is 5.82 Å². The number of anilines is 1. The molecule has 0 saturated carbocycles. The molecule has 3 aromatic rings. The SMILES string of the molecule is Cc1ccc(Cl)cc1NC(=O)[C@@H](C)Sc1n[nH]c(-c2ccccc2)n1. The number of aromatic nitrogens is 3. The van der Waals surface area contributed by atoms with Gasteiger partial charge in [-0.3, -0.25) is 9.89 Å². The van der Waals surface area contributed by atoms with E-state index in [1.165, 1.54) is 11.8 Å². The van der Waals surface area contributed by atoms with Crippen molar-refractivity contribution in [2.45, 2.75) is 24.3 Å². The van der Waals surface area contributed by atoms with Gasteiger partial charge in [0.2, 0.25) is 11.1 Å². The van der Waals surface area contributed by atoms with E-state index in [1.54, 1.807) is 12.1 Å². The van der Waals surface area contributed by atoms with Gasteiger partial charge in [0.25, 0.3) is 0 Å². The number of hydrogen-bond acceptors (Lipinski definition) is 4. The molecule has 1 atom stereocenters. The Kier molecular flexibility index (Phi) is 5.40. The minimum absolute atomic E-state index is 0.124. The summed E-state index contributed by atoms with van der Waals surface area (Å²) in [6, 6.07) is 15.1. The molecule has 0 aliphatic carbocycles. The van der Waals surface area contributed by atoms with Gasteiger partial charge in [0, 0.05) is 16.3 Å². The molecular weight excluding hydrogens is 356 g/mol. The molecule has 3 rings (SSSR count). The first kappa shape index (κ1) is 17.5. The number of hydrogen-bond donors (Lipinski definition) is 2. The topological polar surface area (TPSA) is 70.7 Å². The largest absolute Gasteiger partial charge is 0.325 e. The molecule has 2 aromatic carbocycles. The summed E-state index contributed by atoms with van der Waals surface area (Å²) in [6.07, 6.45) is 0. The van der Waals surface area contributed by atoms with E-state index in [4.69, 9.17) is 11.6 Å². The molecule has 0 aliphatic heterocycles. The lowest BCUT2D eigenvalue weighted by atomic mass is 10.2. The van der Waals surface area contributed by atoms with Crippen LogP contribution < -0.4 is 5.32 Å². The summed E-state index contributed by atoms with van der Waals surface area (Å²) in [7, 11) is 0. The summed E-state index contributed by atoms with van der Waals surface area (Å²) in [6.45, 7) is 3.74. The Labute approximate surface area is 155 Å². The zero-order valence-corrected chi connectivity index (χ0v) is 15.4. The second kappa shape index (κ2) is 7.72. The number of nitrogens with one attached hydrogen (secondary N) is 2. The van der Waals surface area contributed by atoms with Gasteiger partial charge in [0.1, 0.15) is 0 Å². The number of thioether (sulfide) groups is 1. The Morgan fingerprint density at radius 1 is 1.24 bits per heavy atom. The minimum atomic E-state index is -0.349. The molecule has 5 nitrogen and oxygen atoms in total. The number of rotatable bonds is 5. The van der Waals surface area contributed by atoms with Gasteiger partial charge in [-0.15, -0.1) is 5.10 Å². The Hall–Kier alpha value is -2.31. The molecule has 0 fully saturated rings. The zero-order chi connectivity index (χ0) is 17.8. The third-order valence-electron chi connectivity index (χ3n) is 3.62. The van der Waals surface area contributed by atoms with Gasteiger partial charge < -0.3 is 5.32 Å². The van der Waals surface area contributed by atoms with E-state index in [9.17, 15) is 4.79 Å². The smallest absolute Gasteiger partial charge is 0.237 e. The molecule has 0 unspecified atom stereocenters. The molecule has 0 bridgehead atoms. The molecule has 7 heteroatoms. The molecular formula is C18H17ClN4OS. The Balaban J connectivity index is 1.66. The van der Waals surface area contributed by atoms with Gasteiger partial charge in [0.05, 0.1) is 5.25 Å². The standard InChI is InChI=1S/C18H17ClN4OS/c1-11-8-9-14(19)10-15(11)20-17(24)12(2)25-18-21-16(22-23-18)13-6-4-3-5-7-13/h3-10,12H,1-2H3,(H,20,24)(H,21,22,23)/t12-/m1/s1. The quantitative estimate of drug-likeness (QED) is 0.644. The van der Waals surface area contributed by atoms with Gasteiger partial charge in [-0.1, -0.05) is 59.8 Å². The molecule has 0 saturated heterocycles. The lowest BCUT2D eigenvalue weighted by molar-refractivity contribution is -0.115. The highest BCUT2D eigenvalue weighted by molar-refractivity contribution is 8.00. The van der Waals surface area contributed by atoms with Crippen LogP contribution in [0, 0.1) is 6.92 Å². The molecule has 0 spiro atoms. The van der Waals surface area contributed by atoms with Crippen LogP contribution in [-0.4, -0.2) is 26.3 Å². The van der Waals surface area contributed by atoms with E-state index >= 15 is 0 Å². The van der Waals surface area contributed by atoms with Crippen LogP contribution in [0.5, 0.6) is 0 Å². The lowest BCUT2D eigenvalue weighted by Gasteiger charge is -2.12. The van der Waals surface area contributed by atoms with Crippen LogP contribution in [0.25, 0.3) is 11.4 Å². The third kappa shape index (κ3) is 4.41. The van der Waals surface area contributed by atoms with E-state index in [-0.39, 0.29) is 11.2 Å². The third-order valence-corrected chi connectivity index (χ3v) is 4.82. The van der Waals surface area contributed by atoms with Crippen LogP contribution in [0.1, 0.15) is 12.5 Å². The van der Waals surface area contributed by atoms with Crippen molar-refractivity contribution in [3.8, 4) is 11.4 Å². The van der Waals surface area contributed by atoms with E-state index < -0.39 is 0 Å². The van der Waals surface area contributed by atoms with Crippen LogP contribution in [0.3, 0.4) is 0 Å². The normalized spacial score (nSPS) is 12.0. The molecule has 0 aliphatic rings. The van der Waals surface area contributed by atoms with Gasteiger partial charge in [-0.25, -0.2) is 4.98 Å². The van der Waals surface area contributed by atoms with Crippen LogP contribution in [0.2, 0.25) is 5.02 Å². The fourth-order valence-electron chi connectivity index (χ4n) is 2.20. The second-order valence-electron chi connectivity index (χ2n) is 5.54. The van der Waals surface area contributed by atoms with E-state index in [0.717, 1.165) is 11.1 Å². The van der Waals surface area contributed by atoms with Crippen LogP contribution >= 0.6 is 23.4 Å². The van der Waals surface area contributed by atoms with Gasteiger partial charge in [-0.05, 0) is 31.5 Å². The van der Waals surface area contributed by atoms with Crippen molar-refractivity contribution in [3.05, 3.63) is 59.1 Å². The predicted octanol–water partition coefficient (Wildman–Crippen LogP) is 4.55. The number of halogens is 1. The molecule has 1 amide bonds. The zero-order valence-electron chi connectivity index (χ0n) is 13.8. The Morgan fingerprint density at radius 2 is 2.00 bits per heavy atom. The number of H-pyrrole nitrogens is 1. The fourth-order valence-corrected chi connectivity index (χ4v) is 3.10. The monoisotopic (exact) mass is 372 g/mol. The summed E-state index contributed by atoms with van der Waals surface area (Å²) in [4.78, 5) is 16.9. The van der Waals surface area contributed by atoms with Gasteiger partial charge in [-0.2, -0.15) is 0 Å². The van der Waals surface area contributed by atoms with Crippen LogP contribution in [-0.2, 0) is 4.79 Å². The molecule has 128 valence electrons. The molecule has 1 aromatic heterocycles. The second-order valence-corrected chi connectivity index (χ2v) is 7.29. The highest BCUT2D eigenvalue weighted by Gasteiger charge is 2.18. The average molecular weight is 373 g/mol. The summed E-state index contributed by atoms with van der Waals surface area (Å²) < 4.78 is 0. The number of benzene rings is 2. The Bertz CT molecular complexity index is 882. The number of carbonyl (C=O) groups excluding carboxylic acids is 1. The van der Waals surface area contributed by atoms with Crippen molar-refractivity contribution in [2.24, 2.45) is 0 Å².